The number of hydrogen-bond donors (Lipinski definition) is 1. The van der Waals surface area contributed by atoms with Crippen molar-refractivity contribution in [3.8, 4) is 0 Å². The lowest BCUT2D eigenvalue weighted by molar-refractivity contribution is -0.132. The van der Waals surface area contributed by atoms with Crippen molar-refractivity contribution in [1.29, 1.82) is 0 Å². The predicted molar refractivity (Wildman–Crippen MR) is 76.1 cm³/mol. The lowest BCUT2D eigenvalue weighted by atomic mass is 10.0. The quantitative estimate of drug-likeness (QED) is 0.933. The Morgan fingerprint density at radius 2 is 2.06 bits per heavy atom. The average Bonchev–Trinajstić information content (AvgIpc) is 2.39. The molecule has 3 nitrogen and oxygen atoms in total. The molecule has 0 aliphatic carbocycles. The maximum absolute atomic E-state index is 12.1. The molecule has 2 N–H and O–H groups in total. The van der Waals surface area contributed by atoms with Crippen LogP contribution in [-0.2, 0) is 4.79 Å². The lowest BCUT2D eigenvalue weighted by Crippen LogP contribution is -2.37. The summed E-state index contributed by atoms with van der Waals surface area (Å²) in [5.74, 6) is 0.183. The Morgan fingerprint density at radius 3 is 2.72 bits per heavy atom. The lowest BCUT2D eigenvalue weighted by Gasteiger charge is -2.27. The maximum atomic E-state index is 12.1. The van der Waals surface area contributed by atoms with Gasteiger partial charge in [0, 0.05) is 30.0 Å². The molecule has 1 saturated heterocycles. The molecule has 0 spiro atoms. The Bertz CT molecular complexity index is 416. The number of carbonyl (C=O) groups is 1. The largest absolute Gasteiger partial charge is 0.343 e. The molecule has 4 heteroatoms. The van der Waals surface area contributed by atoms with E-state index in [-0.39, 0.29) is 11.9 Å². The summed E-state index contributed by atoms with van der Waals surface area (Å²) in [6, 6.07) is 7.65. The summed E-state index contributed by atoms with van der Waals surface area (Å²) in [5, 5.41) is 0. The van der Waals surface area contributed by atoms with E-state index in [0.29, 0.717) is 6.42 Å². The molecule has 1 fully saturated rings. The molecule has 1 aromatic carbocycles. The van der Waals surface area contributed by atoms with Crippen LogP contribution in [0.2, 0.25) is 0 Å². The molecule has 0 saturated carbocycles. The van der Waals surface area contributed by atoms with E-state index in [4.69, 9.17) is 5.73 Å². The van der Waals surface area contributed by atoms with Gasteiger partial charge in [-0.25, -0.2) is 0 Å². The Kier molecular flexibility index (Phi) is 4.78. The van der Waals surface area contributed by atoms with Gasteiger partial charge in [-0.15, -0.1) is 0 Å². The van der Waals surface area contributed by atoms with Crippen LogP contribution in [0.4, 0.5) is 0 Å². The molecule has 1 heterocycles. The van der Waals surface area contributed by atoms with Crippen molar-refractivity contribution in [2.24, 2.45) is 5.73 Å². The summed E-state index contributed by atoms with van der Waals surface area (Å²) in [4.78, 5) is 14.0. The zero-order valence-electron chi connectivity index (χ0n) is 10.4. The van der Waals surface area contributed by atoms with Gasteiger partial charge in [0.05, 0.1) is 0 Å². The fraction of sp³-hybridized carbons (Fsp3) is 0.500. The number of nitrogens with zero attached hydrogens (tertiary/aromatic N) is 1. The number of nitrogens with two attached hydrogens (primary N) is 1. The second-order valence-corrected chi connectivity index (χ2v) is 5.72. The minimum atomic E-state index is -0.211. The summed E-state index contributed by atoms with van der Waals surface area (Å²) in [6.07, 6.45) is 3.88. The zero-order valence-corrected chi connectivity index (χ0v) is 12.0. The molecule has 1 aliphatic heterocycles. The third kappa shape index (κ3) is 3.56. The van der Waals surface area contributed by atoms with E-state index >= 15 is 0 Å². The van der Waals surface area contributed by atoms with Gasteiger partial charge in [-0.3, -0.25) is 4.79 Å². The molecule has 0 bridgehead atoms. The highest BCUT2D eigenvalue weighted by molar-refractivity contribution is 9.10. The number of rotatable bonds is 3. The van der Waals surface area contributed by atoms with Gasteiger partial charge in [0.25, 0.3) is 0 Å². The number of amides is 1. The Labute approximate surface area is 116 Å². The molecule has 1 amide bonds. The first-order valence-electron chi connectivity index (χ1n) is 6.45. The van der Waals surface area contributed by atoms with Crippen LogP contribution in [-0.4, -0.2) is 23.9 Å². The third-order valence-corrected chi connectivity index (χ3v) is 3.87. The van der Waals surface area contributed by atoms with Crippen LogP contribution in [0.15, 0.2) is 28.7 Å². The summed E-state index contributed by atoms with van der Waals surface area (Å²) in [6.45, 7) is 1.79. The van der Waals surface area contributed by atoms with E-state index in [1.165, 1.54) is 6.42 Å². The van der Waals surface area contributed by atoms with Crippen LogP contribution in [0, 0.1) is 0 Å². The van der Waals surface area contributed by atoms with Gasteiger partial charge in [-0.1, -0.05) is 28.1 Å². The zero-order chi connectivity index (χ0) is 13.0. The van der Waals surface area contributed by atoms with Crippen molar-refractivity contribution < 1.29 is 4.79 Å². The normalized spacial score (nSPS) is 17.6. The molecular weight excluding hydrogens is 292 g/mol. The smallest absolute Gasteiger partial charge is 0.224 e. The van der Waals surface area contributed by atoms with E-state index in [0.717, 1.165) is 36.0 Å². The molecule has 1 aliphatic rings. The first-order valence-corrected chi connectivity index (χ1v) is 7.25. The average molecular weight is 311 g/mol. The Morgan fingerprint density at radius 1 is 1.33 bits per heavy atom. The fourth-order valence-corrected chi connectivity index (χ4v) is 2.73. The summed E-state index contributed by atoms with van der Waals surface area (Å²) >= 11 is 3.42. The highest BCUT2D eigenvalue weighted by Crippen LogP contribution is 2.20. The number of piperidine rings is 1. The molecule has 18 heavy (non-hydrogen) atoms. The van der Waals surface area contributed by atoms with Gasteiger partial charge >= 0.3 is 0 Å². The molecule has 2 rings (SSSR count). The van der Waals surface area contributed by atoms with E-state index in [1.54, 1.807) is 0 Å². The maximum Gasteiger partial charge on any atom is 0.224 e. The fourth-order valence-electron chi connectivity index (χ4n) is 2.32. The van der Waals surface area contributed by atoms with Crippen LogP contribution < -0.4 is 5.73 Å². The highest BCUT2D eigenvalue weighted by Gasteiger charge is 2.19. The Balaban J connectivity index is 1.94. The van der Waals surface area contributed by atoms with Gasteiger partial charge in [0.2, 0.25) is 5.91 Å². The molecule has 98 valence electrons. The van der Waals surface area contributed by atoms with Crippen molar-refractivity contribution in [3.63, 3.8) is 0 Å². The van der Waals surface area contributed by atoms with E-state index in [2.05, 4.69) is 15.9 Å². The molecule has 1 aromatic rings. The summed E-state index contributed by atoms with van der Waals surface area (Å²) in [5.41, 5.74) is 7.11. The van der Waals surface area contributed by atoms with Crippen LogP contribution >= 0.6 is 15.9 Å². The predicted octanol–water partition coefficient (Wildman–Crippen LogP) is 2.85. The number of carbonyl (C=O) groups excluding carboxylic acids is 1. The van der Waals surface area contributed by atoms with Crippen molar-refractivity contribution in [3.05, 3.63) is 34.3 Å². The second-order valence-electron chi connectivity index (χ2n) is 4.81. The second kappa shape index (κ2) is 6.34. The van der Waals surface area contributed by atoms with Crippen LogP contribution in [0.3, 0.4) is 0 Å². The van der Waals surface area contributed by atoms with E-state index in [9.17, 15) is 4.79 Å². The molecule has 1 atom stereocenters. The monoisotopic (exact) mass is 310 g/mol. The molecule has 0 radical (unpaired) electrons. The standard InChI is InChI=1S/C14H19BrN2O/c15-12-6-4-5-11(9-12)13(16)10-14(18)17-7-2-1-3-8-17/h4-6,9,13H,1-3,7-8,10,16H2. The highest BCUT2D eigenvalue weighted by atomic mass is 79.9. The summed E-state index contributed by atoms with van der Waals surface area (Å²) < 4.78 is 1.00. The topological polar surface area (TPSA) is 46.3 Å². The number of likely N-dealkylation sites (tertiary alicyclic amines) is 1. The number of benzene rings is 1. The molecule has 0 aromatic heterocycles. The van der Waals surface area contributed by atoms with Gasteiger partial charge in [-0.05, 0) is 37.0 Å². The van der Waals surface area contributed by atoms with Gasteiger partial charge in [0.15, 0.2) is 0 Å². The van der Waals surface area contributed by atoms with Crippen molar-refractivity contribution in [2.75, 3.05) is 13.1 Å². The van der Waals surface area contributed by atoms with E-state index in [1.807, 2.05) is 29.2 Å². The SMILES string of the molecule is NC(CC(=O)N1CCCCC1)c1cccc(Br)c1. The number of hydrogen-bond acceptors (Lipinski definition) is 2. The van der Waals surface area contributed by atoms with Crippen LogP contribution in [0.1, 0.15) is 37.3 Å². The van der Waals surface area contributed by atoms with Crippen molar-refractivity contribution in [2.45, 2.75) is 31.7 Å². The van der Waals surface area contributed by atoms with Crippen LogP contribution in [0.25, 0.3) is 0 Å². The minimum absolute atomic E-state index is 0.183. The molecule has 1 unspecified atom stereocenters. The molecular formula is C14H19BrN2O. The third-order valence-electron chi connectivity index (χ3n) is 3.38. The first-order chi connectivity index (χ1) is 8.66. The summed E-state index contributed by atoms with van der Waals surface area (Å²) in [7, 11) is 0. The number of halogens is 1. The van der Waals surface area contributed by atoms with Crippen molar-refractivity contribution in [1.82, 2.24) is 4.90 Å². The van der Waals surface area contributed by atoms with Gasteiger partial charge in [0.1, 0.15) is 0 Å². The van der Waals surface area contributed by atoms with E-state index < -0.39 is 0 Å². The Hall–Kier alpha value is -0.870. The van der Waals surface area contributed by atoms with Gasteiger partial charge in [-0.2, -0.15) is 0 Å². The first kappa shape index (κ1) is 13.6. The van der Waals surface area contributed by atoms with Crippen LogP contribution in [0.5, 0.6) is 0 Å². The van der Waals surface area contributed by atoms with Gasteiger partial charge < -0.3 is 10.6 Å². The minimum Gasteiger partial charge on any atom is -0.343 e. The van der Waals surface area contributed by atoms with Crippen molar-refractivity contribution >= 4 is 21.8 Å².